The molecule has 0 aliphatic carbocycles. The van der Waals surface area contributed by atoms with Gasteiger partial charge in [-0.25, -0.2) is 0 Å². The molecular weight excluding hydrogens is 194 g/mol. The molecule has 1 rings (SSSR count). The van der Waals surface area contributed by atoms with E-state index in [1.54, 1.807) is 0 Å². The van der Waals surface area contributed by atoms with Crippen LogP contribution >= 0.6 is 11.8 Å². The number of aromatic nitrogens is 2. The van der Waals surface area contributed by atoms with Crippen LogP contribution in [0.25, 0.3) is 0 Å². The van der Waals surface area contributed by atoms with Gasteiger partial charge in [0.05, 0.1) is 23.6 Å². The maximum atomic E-state index is 5.84. The third kappa shape index (κ3) is 2.67. The molecule has 1 heterocycles. The summed E-state index contributed by atoms with van der Waals surface area (Å²) in [4.78, 5) is 0. The van der Waals surface area contributed by atoms with Crippen LogP contribution < -0.4 is 5.73 Å². The average Bonchev–Trinajstić information content (AvgIpc) is 2.33. The third-order valence-corrected chi connectivity index (χ3v) is 3.28. The molecule has 2 N–H and O–H groups in total. The lowest BCUT2D eigenvalue weighted by Crippen LogP contribution is -2.06. The number of thioether (sulfide) groups is 1. The average molecular weight is 213 g/mol. The molecule has 0 spiro atoms. The number of hydrogen-bond donors (Lipinski definition) is 1. The molecule has 1 aromatic heterocycles. The van der Waals surface area contributed by atoms with Gasteiger partial charge < -0.3 is 5.73 Å². The highest BCUT2D eigenvalue weighted by molar-refractivity contribution is 7.99. The molecule has 0 saturated carbocycles. The fourth-order valence-electron chi connectivity index (χ4n) is 1.30. The summed E-state index contributed by atoms with van der Waals surface area (Å²) in [6.07, 6.45) is 0. The van der Waals surface area contributed by atoms with Gasteiger partial charge in [-0.05, 0) is 19.1 Å². The van der Waals surface area contributed by atoms with Gasteiger partial charge in [0, 0.05) is 5.75 Å². The minimum absolute atomic E-state index is 0.685. The molecule has 0 saturated heterocycles. The van der Waals surface area contributed by atoms with E-state index in [0.29, 0.717) is 5.25 Å². The van der Waals surface area contributed by atoms with Crippen LogP contribution in [0.2, 0.25) is 0 Å². The second kappa shape index (κ2) is 4.73. The van der Waals surface area contributed by atoms with Crippen molar-refractivity contribution in [3.8, 4) is 0 Å². The molecule has 0 atom stereocenters. The van der Waals surface area contributed by atoms with Gasteiger partial charge in [0.25, 0.3) is 0 Å². The van der Waals surface area contributed by atoms with E-state index in [4.69, 9.17) is 5.73 Å². The molecule has 1 aromatic rings. The first-order valence-corrected chi connectivity index (χ1v) is 5.98. The summed E-state index contributed by atoms with van der Waals surface area (Å²) in [5, 5.41) is 5.07. The van der Waals surface area contributed by atoms with Crippen molar-refractivity contribution >= 4 is 17.4 Å². The van der Waals surface area contributed by atoms with Crippen LogP contribution in [0.4, 0.5) is 5.69 Å². The Morgan fingerprint density at radius 2 is 2.07 bits per heavy atom. The lowest BCUT2D eigenvalue weighted by Gasteiger charge is -2.06. The Kier molecular flexibility index (Phi) is 3.86. The predicted octanol–water partition coefficient (Wildman–Crippen LogP) is 2.22. The van der Waals surface area contributed by atoms with Gasteiger partial charge in [0.1, 0.15) is 0 Å². The van der Waals surface area contributed by atoms with E-state index >= 15 is 0 Å². The summed E-state index contributed by atoms with van der Waals surface area (Å²) in [6.45, 7) is 9.34. The van der Waals surface area contributed by atoms with Gasteiger partial charge in [0.2, 0.25) is 0 Å². The van der Waals surface area contributed by atoms with E-state index in [1.807, 2.05) is 30.3 Å². The highest BCUT2D eigenvalue weighted by Crippen LogP contribution is 2.16. The second-order valence-electron chi connectivity index (χ2n) is 3.73. The second-order valence-corrected chi connectivity index (χ2v) is 5.41. The number of nitrogens with zero attached hydrogens (tertiary/aromatic N) is 2. The number of hydrogen-bond acceptors (Lipinski definition) is 3. The monoisotopic (exact) mass is 213 g/mol. The Bertz CT molecular complexity index is 305. The maximum absolute atomic E-state index is 5.84. The number of rotatable bonds is 4. The largest absolute Gasteiger partial charge is 0.396 e. The van der Waals surface area contributed by atoms with Gasteiger partial charge in [0.15, 0.2) is 0 Å². The minimum atomic E-state index is 0.685. The van der Waals surface area contributed by atoms with Crippen molar-refractivity contribution < 1.29 is 0 Å². The van der Waals surface area contributed by atoms with Crippen LogP contribution in [0.5, 0.6) is 0 Å². The first-order valence-electron chi connectivity index (χ1n) is 4.93. The summed E-state index contributed by atoms with van der Waals surface area (Å²) >= 11 is 1.95. The summed E-state index contributed by atoms with van der Waals surface area (Å²) < 4.78 is 2.00. The minimum Gasteiger partial charge on any atom is -0.396 e. The number of anilines is 1. The summed E-state index contributed by atoms with van der Waals surface area (Å²) in [7, 11) is 0. The molecule has 0 aliphatic heterocycles. The smallest absolute Gasteiger partial charge is 0.0825 e. The molecule has 0 amide bonds. The van der Waals surface area contributed by atoms with Crippen molar-refractivity contribution in [2.24, 2.45) is 0 Å². The van der Waals surface area contributed by atoms with Crippen molar-refractivity contribution in [2.45, 2.75) is 39.5 Å². The molecule has 80 valence electrons. The van der Waals surface area contributed by atoms with Gasteiger partial charge in [-0.3, -0.25) is 4.68 Å². The van der Waals surface area contributed by atoms with E-state index < -0.39 is 0 Å². The lowest BCUT2D eigenvalue weighted by atomic mass is 10.3. The predicted molar refractivity (Wildman–Crippen MR) is 63.7 cm³/mol. The SMILES string of the molecule is Cc1nn(CCSC(C)C)c(C)c1N. The van der Waals surface area contributed by atoms with E-state index in [-0.39, 0.29) is 0 Å². The molecule has 0 bridgehead atoms. The van der Waals surface area contributed by atoms with Crippen molar-refractivity contribution in [3.05, 3.63) is 11.4 Å². The zero-order valence-corrected chi connectivity index (χ0v) is 10.2. The molecule has 14 heavy (non-hydrogen) atoms. The van der Waals surface area contributed by atoms with Crippen LogP contribution in [0.1, 0.15) is 25.2 Å². The first kappa shape index (κ1) is 11.4. The normalized spacial score (nSPS) is 11.2. The fraction of sp³-hybridized carbons (Fsp3) is 0.700. The highest BCUT2D eigenvalue weighted by Gasteiger charge is 2.07. The Hall–Kier alpha value is -0.640. The first-order chi connectivity index (χ1) is 6.52. The molecule has 0 aromatic carbocycles. The number of nitrogen functional groups attached to an aromatic ring is 1. The Balaban J connectivity index is 2.55. The van der Waals surface area contributed by atoms with E-state index in [2.05, 4.69) is 18.9 Å². The highest BCUT2D eigenvalue weighted by atomic mass is 32.2. The topological polar surface area (TPSA) is 43.8 Å². The number of aryl methyl sites for hydroxylation is 2. The lowest BCUT2D eigenvalue weighted by molar-refractivity contribution is 0.640. The Morgan fingerprint density at radius 1 is 1.43 bits per heavy atom. The molecule has 4 heteroatoms. The van der Waals surface area contributed by atoms with Crippen LogP contribution in [-0.2, 0) is 6.54 Å². The van der Waals surface area contributed by atoms with E-state index in [1.165, 1.54) is 0 Å². The maximum Gasteiger partial charge on any atom is 0.0825 e. The standard InChI is InChI=1S/C10H19N3S/c1-7(2)14-6-5-13-9(4)10(11)8(3)12-13/h7H,5-6,11H2,1-4H3. The van der Waals surface area contributed by atoms with Gasteiger partial charge >= 0.3 is 0 Å². The van der Waals surface area contributed by atoms with Crippen LogP contribution in [0.15, 0.2) is 0 Å². The van der Waals surface area contributed by atoms with Gasteiger partial charge in [-0.1, -0.05) is 13.8 Å². The van der Waals surface area contributed by atoms with Gasteiger partial charge in [-0.15, -0.1) is 0 Å². The van der Waals surface area contributed by atoms with Gasteiger partial charge in [-0.2, -0.15) is 16.9 Å². The third-order valence-electron chi connectivity index (χ3n) is 2.19. The van der Waals surface area contributed by atoms with Crippen LogP contribution in [0, 0.1) is 13.8 Å². The molecular formula is C10H19N3S. The molecule has 3 nitrogen and oxygen atoms in total. The quantitative estimate of drug-likeness (QED) is 0.834. The Labute approximate surface area is 90.1 Å². The summed E-state index contributed by atoms with van der Waals surface area (Å²) in [5.41, 5.74) is 8.71. The molecule has 0 fully saturated rings. The van der Waals surface area contributed by atoms with E-state index in [0.717, 1.165) is 29.4 Å². The van der Waals surface area contributed by atoms with E-state index in [9.17, 15) is 0 Å². The molecule has 0 radical (unpaired) electrons. The number of nitrogens with two attached hydrogens (primary N) is 1. The summed E-state index contributed by atoms with van der Waals surface area (Å²) in [6, 6.07) is 0. The van der Waals surface area contributed by atoms with Crippen molar-refractivity contribution in [1.29, 1.82) is 0 Å². The van der Waals surface area contributed by atoms with Crippen molar-refractivity contribution in [1.82, 2.24) is 9.78 Å². The summed E-state index contributed by atoms with van der Waals surface area (Å²) in [5.74, 6) is 1.10. The zero-order valence-electron chi connectivity index (χ0n) is 9.37. The van der Waals surface area contributed by atoms with Crippen molar-refractivity contribution in [2.75, 3.05) is 11.5 Å². The van der Waals surface area contributed by atoms with Crippen molar-refractivity contribution in [3.63, 3.8) is 0 Å². The van der Waals surface area contributed by atoms with Crippen LogP contribution in [-0.4, -0.2) is 20.8 Å². The fourth-order valence-corrected chi connectivity index (χ4v) is 2.05. The molecule has 0 aliphatic rings. The zero-order chi connectivity index (χ0) is 10.7. The van der Waals surface area contributed by atoms with Crippen LogP contribution in [0.3, 0.4) is 0 Å². The Morgan fingerprint density at radius 3 is 2.50 bits per heavy atom. The molecule has 0 unspecified atom stereocenters.